The van der Waals surface area contributed by atoms with E-state index in [2.05, 4.69) is 15.5 Å². The minimum atomic E-state index is -3.54. The van der Waals surface area contributed by atoms with Gasteiger partial charge < -0.3 is 15.6 Å². The molecule has 2 heterocycles. The van der Waals surface area contributed by atoms with Crippen molar-refractivity contribution < 1.29 is 12.9 Å². The van der Waals surface area contributed by atoms with Gasteiger partial charge in [0, 0.05) is 0 Å². The van der Waals surface area contributed by atoms with Gasteiger partial charge in [-0.05, 0) is 6.92 Å². The Morgan fingerprint density at radius 1 is 1.52 bits per heavy atom. The largest absolute Gasteiger partial charge is 0.396 e. The van der Waals surface area contributed by atoms with Crippen LogP contribution in [0.5, 0.6) is 0 Å². The third-order valence-corrected chi connectivity index (χ3v) is 5.67. The molecule has 0 aromatic carbocycles. The molecule has 0 fully saturated rings. The average molecular weight is 327 g/mol. The van der Waals surface area contributed by atoms with Gasteiger partial charge in [-0.1, -0.05) is 12.1 Å². The zero-order valence-corrected chi connectivity index (χ0v) is 13.0. The smallest absolute Gasteiger partial charge is 0.245 e. The molecule has 0 aliphatic rings. The highest BCUT2D eigenvalue weighted by atomic mass is 32.2. The Balaban J connectivity index is 2.37. The molecule has 2 aromatic rings. The highest BCUT2D eigenvalue weighted by Crippen LogP contribution is 2.39. The van der Waals surface area contributed by atoms with Crippen molar-refractivity contribution in [2.75, 3.05) is 16.8 Å². The molecule has 0 saturated heterocycles. The molecule has 0 aliphatic heterocycles. The Bertz CT molecular complexity index is 800. The van der Waals surface area contributed by atoms with Gasteiger partial charge in [0.2, 0.25) is 5.89 Å². The number of hydrogen-bond donors (Lipinski definition) is 2. The highest BCUT2D eigenvalue weighted by Gasteiger charge is 2.26. The minimum absolute atomic E-state index is 0.0199. The molecule has 0 bridgehead atoms. The first-order chi connectivity index (χ1) is 9.89. The molecule has 3 N–H and O–H groups in total. The molecule has 10 heteroatoms. The summed E-state index contributed by atoms with van der Waals surface area (Å²) >= 11 is 0.988. The van der Waals surface area contributed by atoms with Gasteiger partial charge in [-0.2, -0.15) is 10.2 Å². The summed E-state index contributed by atoms with van der Waals surface area (Å²) in [5, 5.41) is 15.8. The van der Waals surface area contributed by atoms with Crippen molar-refractivity contribution in [2.45, 2.75) is 25.3 Å². The lowest BCUT2D eigenvalue weighted by Crippen LogP contribution is -2.09. The van der Waals surface area contributed by atoms with E-state index in [4.69, 9.17) is 15.5 Å². The van der Waals surface area contributed by atoms with E-state index >= 15 is 0 Å². The zero-order valence-electron chi connectivity index (χ0n) is 11.4. The predicted octanol–water partition coefficient (Wildman–Crippen LogP) is 1.30. The van der Waals surface area contributed by atoms with Gasteiger partial charge in [0.05, 0.1) is 18.0 Å². The molecule has 2 aromatic heterocycles. The topological polar surface area (TPSA) is 135 Å². The Hall–Kier alpha value is -2.12. The number of nitrogens with two attached hydrogens (primary N) is 1. The van der Waals surface area contributed by atoms with Crippen LogP contribution in [0.15, 0.2) is 9.42 Å². The number of nitrogens with zero attached hydrogens (tertiary/aromatic N) is 3. The second-order valence-electron chi connectivity index (χ2n) is 4.11. The highest BCUT2D eigenvalue weighted by molar-refractivity contribution is 7.91. The minimum Gasteiger partial charge on any atom is -0.396 e. The fourth-order valence-electron chi connectivity index (χ4n) is 1.65. The van der Waals surface area contributed by atoms with Crippen LogP contribution in [0.3, 0.4) is 0 Å². The summed E-state index contributed by atoms with van der Waals surface area (Å²) in [5.74, 6) is 0.696. The van der Waals surface area contributed by atoms with E-state index in [1.807, 2.05) is 6.07 Å². The second kappa shape index (κ2) is 5.71. The Kier molecular flexibility index (Phi) is 4.15. The van der Waals surface area contributed by atoms with Crippen molar-refractivity contribution >= 4 is 31.9 Å². The number of anilines is 2. The van der Waals surface area contributed by atoms with Crippen LogP contribution in [0.25, 0.3) is 0 Å². The molecule has 0 unspecified atom stereocenters. The summed E-state index contributed by atoms with van der Waals surface area (Å²) in [6, 6.07) is 1.89. The second-order valence-corrected chi connectivity index (χ2v) is 7.34. The van der Waals surface area contributed by atoms with Crippen LogP contribution in [-0.2, 0) is 16.4 Å². The van der Waals surface area contributed by atoms with Gasteiger partial charge in [0.25, 0.3) is 0 Å². The van der Waals surface area contributed by atoms with Crippen LogP contribution in [0.1, 0.15) is 23.5 Å². The maximum Gasteiger partial charge on any atom is 0.245 e. The predicted molar refractivity (Wildman–Crippen MR) is 77.5 cm³/mol. The molecule has 8 nitrogen and oxygen atoms in total. The number of hydrogen-bond acceptors (Lipinski definition) is 9. The van der Waals surface area contributed by atoms with Crippen LogP contribution >= 0.6 is 11.3 Å². The lowest BCUT2D eigenvalue weighted by Gasteiger charge is -2.06. The zero-order chi connectivity index (χ0) is 15.6. The van der Waals surface area contributed by atoms with Crippen LogP contribution < -0.4 is 11.1 Å². The maximum atomic E-state index is 12.1. The average Bonchev–Trinajstić information content (AvgIpc) is 3.00. The number of aromatic nitrogens is 2. The fraction of sp³-hybridized carbons (Fsp3) is 0.364. The van der Waals surface area contributed by atoms with Crippen molar-refractivity contribution in [2.24, 2.45) is 0 Å². The van der Waals surface area contributed by atoms with Gasteiger partial charge >= 0.3 is 0 Å². The quantitative estimate of drug-likeness (QED) is 0.838. The van der Waals surface area contributed by atoms with Gasteiger partial charge in [-0.25, -0.2) is 8.42 Å². The number of aryl methyl sites for hydroxylation is 1. The number of thiophene rings is 1. The summed E-state index contributed by atoms with van der Waals surface area (Å²) in [4.78, 5) is 4.13. The van der Waals surface area contributed by atoms with Gasteiger partial charge in [0.1, 0.15) is 20.8 Å². The van der Waals surface area contributed by atoms with Crippen molar-refractivity contribution in [1.82, 2.24) is 10.1 Å². The molecular weight excluding hydrogens is 314 g/mol. The standard InChI is InChI=1S/C11H13N5O3S2/c1-3-21(17,18)10-9(13)7(4-12)20-11(10)14-5-8-15-6(2)16-19-8/h14H,3,5,13H2,1-2H3. The summed E-state index contributed by atoms with van der Waals surface area (Å²) in [7, 11) is -3.54. The van der Waals surface area contributed by atoms with Crippen molar-refractivity contribution in [3.05, 3.63) is 16.6 Å². The lowest BCUT2D eigenvalue weighted by molar-refractivity contribution is 0.379. The maximum absolute atomic E-state index is 12.1. The Morgan fingerprint density at radius 2 is 2.24 bits per heavy atom. The SMILES string of the molecule is CCS(=O)(=O)c1c(NCc2nc(C)no2)sc(C#N)c1N. The van der Waals surface area contributed by atoms with Crippen molar-refractivity contribution in [1.29, 1.82) is 5.26 Å². The van der Waals surface area contributed by atoms with E-state index in [9.17, 15) is 8.42 Å². The first kappa shape index (κ1) is 15.3. The molecule has 21 heavy (non-hydrogen) atoms. The van der Waals surface area contributed by atoms with E-state index < -0.39 is 9.84 Å². The third kappa shape index (κ3) is 2.98. The monoisotopic (exact) mass is 327 g/mol. The van der Waals surface area contributed by atoms with Gasteiger partial charge in [-0.3, -0.25) is 0 Å². The molecular formula is C11H13N5O3S2. The molecule has 0 spiro atoms. The Morgan fingerprint density at radius 3 is 2.76 bits per heavy atom. The van der Waals surface area contributed by atoms with E-state index in [-0.39, 0.29) is 27.8 Å². The van der Waals surface area contributed by atoms with Crippen LogP contribution in [0.4, 0.5) is 10.7 Å². The summed E-state index contributed by atoms with van der Waals surface area (Å²) in [6.45, 7) is 3.35. The van der Waals surface area contributed by atoms with E-state index in [0.717, 1.165) is 11.3 Å². The van der Waals surface area contributed by atoms with E-state index in [1.165, 1.54) is 6.92 Å². The molecule has 0 aliphatic carbocycles. The number of nitrogens with one attached hydrogen (secondary N) is 1. The van der Waals surface area contributed by atoms with Crippen LogP contribution in [0.2, 0.25) is 0 Å². The molecule has 0 radical (unpaired) electrons. The fourth-order valence-corrected chi connectivity index (χ4v) is 4.11. The summed E-state index contributed by atoms with van der Waals surface area (Å²) < 4.78 is 29.2. The lowest BCUT2D eigenvalue weighted by atomic mass is 10.4. The molecule has 0 atom stereocenters. The van der Waals surface area contributed by atoms with E-state index in [1.54, 1.807) is 6.92 Å². The normalized spacial score (nSPS) is 11.3. The Labute approximate surface area is 125 Å². The molecule has 0 amide bonds. The van der Waals surface area contributed by atoms with Gasteiger partial charge in [0.15, 0.2) is 15.7 Å². The summed E-state index contributed by atoms with van der Waals surface area (Å²) in [6.07, 6.45) is 0. The number of sulfone groups is 1. The van der Waals surface area contributed by atoms with Gasteiger partial charge in [-0.15, -0.1) is 11.3 Å². The van der Waals surface area contributed by atoms with Crippen LogP contribution in [0, 0.1) is 18.3 Å². The number of nitrogen functional groups attached to an aromatic ring is 1. The first-order valence-electron chi connectivity index (χ1n) is 5.97. The third-order valence-electron chi connectivity index (χ3n) is 2.66. The van der Waals surface area contributed by atoms with Crippen LogP contribution in [-0.4, -0.2) is 24.3 Å². The van der Waals surface area contributed by atoms with Crippen molar-refractivity contribution in [3.63, 3.8) is 0 Å². The first-order valence-corrected chi connectivity index (χ1v) is 8.44. The van der Waals surface area contributed by atoms with E-state index in [0.29, 0.717) is 16.7 Å². The molecule has 0 saturated carbocycles. The molecule has 2 rings (SSSR count). The number of nitriles is 1. The summed E-state index contributed by atoms with van der Waals surface area (Å²) in [5.41, 5.74) is 5.75. The molecule has 112 valence electrons. The number of rotatable bonds is 5. The van der Waals surface area contributed by atoms with Crippen molar-refractivity contribution in [3.8, 4) is 6.07 Å².